The molecule has 0 amide bonds. The highest BCUT2D eigenvalue weighted by Gasteiger charge is 2.20. The maximum absolute atomic E-state index is 12.8. The summed E-state index contributed by atoms with van der Waals surface area (Å²) in [5.74, 6) is 0.983. The van der Waals surface area contributed by atoms with E-state index in [0.717, 1.165) is 6.42 Å². The van der Waals surface area contributed by atoms with E-state index < -0.39 is 10.0 Å². The molecule has 1 aliphatic rings. The fraction of sp³-hybridized carbons (Fsp3) is 0.176. The van der Waals surface area contributed by atoms with E-state index in [0.29, 0.717) is 41.3 Å². The van der Waals surface area contributed by atoms with Crippen molar-refractivity contribution in [1.82, 2.24) is 9.97 Å². The molecule has 0 spiro atoms. The molecule has 0 saturated heterocycles. The highest BCUT2D eigenvalue weighted by molar-refractivity contribution is 7.92. The van der Waals surface area contributed by atoms with Crippen LogP contribution < -0.4 is 14.2 Å². The summed E-state index contributed by atoms with van der Waals surface area (Å²) in [5.41, 5.74) is 1.08. The number of fused-ring (bicyclic) bond motifs is 2. The van der Waals surface area contributed by atoms with E-state index in [1.54, 1.807) is 36.8 Å². The van der Waals surface area contributed by atoms with Gasteiger partial charge >= 0.3 is 0 Å². The minimum atomic E-state index is -3.79. The van der Waals surface area contributed by atoms with E-state index in [1.807, 2.05) is 0 Å². The Kier molecular flexibility index (Phi) is 3.89. The fourth-order valence-electron chi connectivity index (χ4n) is 2.59. The molecule has 0 radical (unpaired) electrons. The van der Waals surface area contributed by atoms with Crippen molar-refractivity contribution in [3.63, 3.8) is 0 Å². The van der Waals surface area contributed by atoms with Crippen molar-refractivity contribution in [3.05, 3.63) is 48.9 Å². The largest absolute Gasteiger partial charge is 0.490 e. The molecular weight excluding hydrogens is 342 g/mol. The minimum absolute atomic E-state index is 0.102. The third-order valence-corrected chi connectivity index (χ3v) is 5.18. The number of nitrogens with zero attached hydrogens (tertiary/aromatic N) is 2. The Hall–Kier alpha value is -2.87. The van der Waals surface area contributed by atoms with Crippen LogP contribution in [0.2, 0.25) is 0 Å². The van der Waals surface area contributed by atoms with Crippen LogP contribution in [0.15, 0.2) is 53.8 Å². The number of pyridine rings is 2. The van der Waals surface area contributed by atoms with Gasteiger partial charge in [-0.3, -0.25) is 14.7 Å². The SMILES string of the molecule is O=S(=O)(Nc1ccnc2ccncc12)c1ccc2c(c1)OCCCO2. The van der Waals surface area contributed by atoms with Crippen molar-refractivity contribution >= 4 is 26.6 Å². The number of rotatable bonds is 3. The van der Waals surface area contributed by atoms with Gasteiger partial charge in [0.1, 0.15) is 0 Å². The summed E-state index contributed by atoms with van der Waals surface area (Å²) in [5, 5.41) is 0.628. The highest BCUT2D eigenvalue weighted by atomic mass is 32.2. The highest BCUT2D eigenvalue weighted by Crippen LogP contribution is 2.33. The molecule has 0 aliphatic carbocycles. The molecule has 25 heavy (non-hydrogen) atoms. The second-order valence-corrected chi connectivity index (χ2v) is 7.20. The van der Waals surface area contributed by atoms with Crippen molar-refractivity contribution in [1.29, 1.82) is 0 Å². The van der Waals surface area contributed by atoms with Gasteiger partial charge in [-0.15, -0.1) is 0 Å². The Bertz CT molecular complexity index is 1030. The van der Waals surface area contributed by atoms with E-state index in [4.69, 9.17) is 9.47 Å². The van der Waals surface area contributed by atoms with Gasteiger partial charge in [-0.2, -0.15) is 0 Å². The summed E-state index contributed by atoms with van der Waals surface area (Å²) < 4.78 is 39.2. The molecule has 7 nitrogen and oxygen atoms in total. The Balaban J connectivity index is 1.71. The second kappa shape index (κ2) is 6.21. The first-order chi connectivity index (χ1) is 12.1. The van der Waals surface area contributed by atoms with E-state index in [2.05, 4.69) is 14.7 Å². The van der Waals surface area contributed by atoms with Crippen LogP contribution in [-0.4, -0.2) is 31.6 Å². The molecule has 0 bridgehead atoms. The summed E-state index contributed by atoms with van der Waals surface area (Å²) in [6, 6.07) is 7.91. The summed E-state index contributed by atoms with van der Waals surface area (Å²) in [6.45, 7) is 1.04. The number of sulfonamides is 1. The van der Waals surface area contributed by atoms with Crippen LogP contribution in [0.5, 0.6) is 11.5 Å². The zero-order valence-corrected chi connectivity index (χ0v) is 14.0. The maximum atomic E-state index is 12.8. The van der Waals surface area contributed by atoms with E-state index >= 15 is 0 Å². The normalized spacial score (nSPS) is 14.1. The van der Waals surface area contributed by atoms with Gasteiger partial charge in [0.2, 0.25) is 0 Å². The van der Waals surface area contributed by atoms with Crippen LogP contribution in [0.25, 0.3) is 10.9 Å². The van der Waals surface area contributed by atoms with Crippen LogP contribution in [0.4, 0.5) is 5.69 Å². The first-order valence-electron chi connectivity index (χ1n) is 7.75. The van der Waals surface area contributed by atoms with Crippen LogP contribution >= 0.6 is 0 Å². The molecule has 0 fully saturated rings. The summed E-state index contributed by atoms with van der Waals surface area (Å²) in [7, 11) is -3.79. The number of aromatic nitrogens is 2. The predicted molar refractivity (Wildman–Crippen MR) is 92.4 cm³/mol. The Morgan fingerprint density at radius 3 is 2.72 bits per heavy atom. The minimum Gasteiger partial charge on any atom is -0.490 e. The Morgan fingerprint density at radius 1 is 1.00 bits per heavy atom. The van der Waals surface area contributed by atoms with Gasteiger partial charge in [-0.05, 0) is 24.3 Å². The zero-order chi connectivity index (χ0) is 17.3. The molecule has 1 N–H and O–H groups in total. The van der Waals surface area contributed by atoms with E-state index in [1.165, 1.54) is 12.1 Å². The smallest absolute Gasteiger partial charge is 0.262 e. The summed E-state index contributed by atoms with van der Waals surface area (Å²) in [6.07, 6.45) is 5.49. The molecule has 3 heterocycles. The number of benzene rings is 1. The standard InChI is InChI=1S/C17H15N3O4S/c21-25(22,12-2-3-16-17(10-12)24-9-1-8-23-16)20-15-5-7-19-14-4-6-18-11-13(14)15/h2-7,10-11H,1,8-9H2,(H,19,20). The lowest BCUT2D eigenvalue weighted by Crippen LogP contribution is -2.13. The Labute approximate surface area is 144 Å². The lowest BCUT2D eigenvalue weighted by molar-refractivity contribution is 0.297. The van der Waals surface area contributed by atoms with Crippen molar-refractivity contribution in [2.24, 2.45) is 0 Å². The van der Waals surface area contributed by atoms with Gasteiger partial charge in [-0.25, -0.2) is 8.42 Å². The van der Waals surface area contributed by atoms with E-state index in [-0.39, 0.29) is 4.90 Å². The average Bonchev–Trinajstić information content (AvgIpc) is 2.86. The molecule has 2 aromatic heterocycles. The molecule has 1 aliphatic heterocycles. The molecule has 3 aromatic rings. The molecule has 0 saturated carbocycles. The van der Waals surface area contributed by atoms with Crippen molar-refractivity contribution in [3.8, 4) is 11.5 Å². The van der Waals surface area contributed by atoms with Crippen LogP contribution in [0, 0.1) is 0 Å². The second-order valence-electron chi connectivity index (χ2n) is 5.52. The van der Waals surface area contributed by atoms with Crippen molar-refractivity contribution < 1.29 is 17.9 Å². The van der Waals surface area contributed by atoms with Gasteiger partial charge < -0.3 is 9.47 Å². The predicted octanol–water partition coefficient (Wildman–Crippen LogP) is 2.59. The first kappa shape index (κ1) is 15.6. The maximum Gasteiger partial charge on any atom is 0.262 e. The van der Waals surface area contributed by atoms with Crippen molar-refractivity contribution in [2.45, 2.75) is 11.3 Å². The Morgan fingerprint density at radius 2 is 1.84 bits per heavy atom. The van der Waals surface area contributed by atoms with Crippen LogP contribution in [0.3, 0.4) is 0 Å². The third-order valence-electron chi connectivity index (χ3n) is 3.82. The van der Waals surface area contributed by atoms with Gasteiger partial charge in [0, 0.05) is 36.5 Å². The summed E-state index contributed by atoms with van der Waals surface area (Å²) >= 11 is 0. The van der Waals surface area contributed by atoms with Crippen LogP contribution in [0.1, 0.15) is 6.42 Å². The number of nitrogens with one attached hydrogen (secondary N) is 1. The molecule has 1 aromatic carbocycles. The van der Waals surface area contributed by atoms with Gasteiger partial charge in [-0.1, -0.05) is 0 Å². The molecule has 4 rings (SSSR count). The van der Waals surface area contributed by atoms with Gasteiger partial charge in [0.15, 0.2) is 11.5 Å². The molecule has 0 atom stereocenters. The zero-order valence-electron chi connectivity index (χ0n) is 13.2. The average molecular weight is 357 g/mol. The monoisotopic (exact) mass is 357 g/mol. The number of anilines is 1. The van der Waals surface area contributed by atoms with Crippen molar-refractivity contribution in [2.75, 3.05) is 17.9 Å². The summed E-state index contributed by atoms with van der Waals surface area (Å²) in [4.78, 5) is 8.34. The number of hydrogen-bond acceptors (Lipinski definition) is 6. The first-order valence-corrected chi connectivity index (χ1v) is 9.23. The van der Waals surface area contributed by atoms with Gasteiger partial charge in [0.05, 0.1) is 29.3 Å². The molecule has 8 heteroatoms. The van der Waals surface area contributed by atoms with E-state index in [9.17, 15) is 8.42 Å². The van der Waals surface area contributed by atoms with Crippen LogP contribution in [-0.2, 0) is 10.0 Å². The topological polar surface area (TPSA) is 90.4 Å². The quantitative estimate of drug-likeness (QED) is 0.775. The fourth-order valence-corrected chi connectivity index (χ4v) is 3.69. The number of hydrogen-bond donors (Lipinski definition) is 1. The molecule has 0 unspecified atom stereocenters. The lowest BCUT2D eigenvalue weighted by Gasteiger charge is -2.12. The lowest BCUT2D eigenvalue weighted by atomic mass is 10.2. The molecule has 128 valence electrons. The molecular formula is C17H15N3O4S. The van der Waals surface area contributed by atoms with Gasteiger partial charge in [0.25, 0.3) is 10.0 Å². The third kappa shape index (κ3) is 3.08. The number of ether oxygens (including phenoxy) is 2.